The zero-order valence-corrected chi connectivity index (χ0v) is 15.0. The van der Waals surface area contributed by atoms with Crippen LogP contribution in [0, 0.1) is 0 Å². The predicted molar refractivity (Wildman–Crippen MR) is 105 cm³/mol. The summed E-state index contributed by atoms with van der Waals surface area (Å²) in [5, 5.41) is 13.8. The van der Waals surface area contributed by atoms with Crippen molar-refractivity contribution in [1.29, 1.82) is 0 Å². The fourth-order valence-corrected chi connectivity index (χ4v) is 2.82. The van der Waals surface area contributed by atoms with Crippen LogP contribution < -0.4 is 10.1 Å². The van der Waals surface area contributed by atoms with Crippen LogP contribution in [0.4, 0.5) is 0 Å². The third-order valence-electron chi connectivity index (χ3n) is 4.39. The number of rotatable bonds is 8. The largest absolute Gasteiger partial charge is 0.489 e. The van der Waals surface area contributed by atoms with Crippen molar-refractivity contribution in [3.8, 4) is 5.75 Å². The number of aliphatic hydroxyl groups is 1. The van der Waals surface area contributed by atoms with Crippen molar-refractivity contribution in [2.24, 2.45) is 0 Å². The zero-order chi connectivity index (χ0) is 18.2. The molecule has 134 valence electrons. The normalized spacial score (nSPS) is 13.2. The molecule has 26 heavy (non-hydrogen) atoms. The minimum Gasteiger partial charge on any atom is -0.489 e. The molecule has 2 N–H and O–H groups in total. The fraction of sp³-hybridized carbons (Fsp3) is 0.217. The highest BCUT2D eigenvalue weighted by Gasteiger charge is 2.15. The molecule has 3 rings (SSSR count). The van der Waals surface area contributed by atoms with E-state index in [9.17, 15) is 5.11 Å². The molecule has 0 saturated heterocycles. The van der Waals surface area contributed by atoms with Crippen LogP contribution in [-0.4, -0.2) is 11.1 Å². The van der Waals surface area contributed by atoms with Crippen molar-refractivity contribution < 1.29 is 9.84 Å². The Kier molecular flexibility index (Phi) is 6.42. The van der Waals surface area contributed by atoms with Crippen LogP contribution in [0.15, 0.2) is 84.9 Å². The summed E-state index contributed by atoms with van der Waals surface area (Å²) in [6.07, 6.45) is -0.534. The van der Waals surface area contributed by atoms with Gasteiger partial charge in [-0.25, -0.2) is 0 Å². The molecule has 0 fully saturated rings. The van der Waals surface area contributed by atoms with Gasteiger partial charge in [-0.2, -0.15) is 0 Å². The van der Waals surface area contributed by atoms with Gasteiger partial charge in [0.15, 0.2) is 0 Å². The molecule has 3 nitrogen and oxygen atoms in total. The maximum absolute atomic E-state index is 10.4. The summed E-state index contributed by atoms with van der Waals surface area (Å²) in [6, 6.07) is 27.9. The van der Waals surface area contributed by atoms with E-state index in [1.807, 2.05) is 73.7 Å². The Hall–Kier alpha value is -2.62. The van der Waals surface area contributed by atoms with Crippen molar-refractivity contribution in [3.63, 3.8) is 0 Å². The van der Waals surface area contributed by atoms with Crippen LogP contribution in [0.2, 0.25) is 0 Å². The lowest BCUT2D eigenvalue weighted by Gasteiger charge is -2.21. The summed E-state index contributed by atoms with van der Waals surface area (Å²) in [6.45, 7) is 3.22. The van der Waals surface area contributed by atoms with E-state index in [0.29, 0.717) is 13.2 Å². The van der Waals surface area contributed by atoms with E-state index in [-0.39, 0.29) is 6.04 Å². The molecule has 0 aliphatic heterocycles. The number of hydrogen-bond donors (Lipinski definition) is 2. The van der Waals surface area contributed by atoms with E-state index in [4.69, 9.17) is 4.74 Å². The van der Waals surface area contributed by atoms with E-state index < -0.39 is 6.10 Å². The van der Waals surface area contributed by atoms with E-state index >= 15 is 0 Å². The third kappa shape index (κ3) is 5.19. The van der Waals surface area contributed by atoms with Crippen molar-refractivity contribution >= 4 is 0 Å². The number of aliphatic hydroxyl groups excluding tert-OH is 1. The lowest BCUT2D eigenvalue weighted by Crippen LogP contribution is -2.31. The Bertz CT molecular complexity index is 790. The Morgan fingerprint density at radius 3 is 2.23 bits per heavy atom. The lowest BCUT2D eigenvalue weighted by molar-refractivity contribution is 0.135. The molecule has 3 aromatic carbocycles. The Morgan fingerprint density at radius 1 is 0.846 bits per heavy atom. The molecular formula is C23H25NO2. The van der Waals surface area contributed by atoms with E-state index in [1.54, 1.807) is 0 Å². The summed E-state index contributed by atoms with van der Waals surface area (Å²) in [5.41, 5.74) is 3.20. The second kappa shape index (κ2) is 9.18. The van der Waals surface area contributed by atoms with Gasteiger partial charge in [0.25, 0.3) is 0 Å². The second-order valence-corrected chi connectivity index (χ2v) is 6.45. The summed E-state index contributed by atoms with van der Waals surface area (Å²) < 4.78 is 5.88. The predicted octanol–water partition coefficient (Wildman–Crippen LogP) is 4.48. The third-order valence-corrected chi connectivity index (χ3v) is 4.39. The SMILES string of the molecule is C[C@@H](NCc1cccc(OCc2ccccc2)c1)[C@@H](O)c1ccccc1. The van der Waals surface area contributed by atoms with Gasteiger partial charge in [0.1, 0.15) is 12.4 Å². The van der Waals surface area contributed by atoms with Crippen LogP contribution in [0.3, 0.4) is 0 Å². The Morgan fingerprint density at radius 2 is 1.50 bits per heavy atom. The quantitative estimate of drug-likeness (QED) is 0.631. The molecule has 0 radical (unpaired) electrons. The van der Waals surface area contributed by atoms with Gasteiger partial charge in [-0.05, 0) is 35.7 Å². The van der Waals surface area contributed by atoms with Crippen LogP contribution in [0.5, 0.6) is 5.75 Å². The van der Waals surface area contributed by atoms with Gasteiger partial charge in [-0.3, -0.25) is 0 Å². The molecule has 0 unspecified atom stereocenters. The van der Waals surface area contributed by atoms with Crippen molar-refractivity contribution in [2.75, 3.05) is 0 Å². The number of benzene rings is 3. The number of hydrogen-bond acceptors (Lipinski definition) is 3. The molecule has 3 aromatic rings. The molecule has 0 aliphatic rings. The molecule has 0 spiro atoms. The molecule has 3 heteroatoms. The Balaban J connectivity index is 1.53. The molecular weight excluding hydrogens is 322 g/mol. The van der Waals surface area contributed by atoms with E-state index in [0.717, 1.165) is 22.4 Å². The highest BCUT2D eigenvalue weighted by molar-refractivity contribution is 5.29. The fourth-order valence-electron chi connectivity index (χ4n) is 2.82. The molecule has 2 atom stereocenters. The first-order valence-electron chi connectivity index (χ1n) is 8.94. The maximum atomic E-state index is 10.4. The maximum Gasteiger partial charge on any atom is 0.120 e. The molecule has 0 aromatic heterocycles. The van der Waals surface area contributed by atoms with Gasteiger partial charge in [0, 0.05) is 12.6 Å². The summed E-state index contributed by atoms with van der Waals surface area (Å²) >= 11 is 0. The van der Waals surface area contributed by atoms with Gasteiger partial charge in [-0.15, -0.1) is 0 Å². The standard InChI is InChI=1S/C23H25NO2/c1-18(23(25)21-12-6-3-7-13-21)24-16-20-11-8-14-22(15-20)26-17-19-9-4-2-5-10-19/h2-15,18,23-25H,16-17H2,1H3/t18-,23-/m1/s1. The van der Waals surface area contributed by atoms with Gasteiger partial charge in [0.05, 0.1) is 6.10 Å². The van der Waals surface area contributed by atoms with Crippen LogP contribution >= 0.6 is 0 Å². The molecule has 0 heterocycles. The molecule has 0 aliphatic carbocycles. The minimum atomic E-state index is -0.534. The van der Waals surface area contributed by atoms with Crippen LogP contribution in [-0.2, 0) is 13.2 Å². The summed E-state index contributed by atoms with van der Waals surface area (Å²) in [5.74, 6) is 0.851. The number of nitrogens with one attached hydrogen (secondary N) is 1. The zero-order valence-electron chi connectivity index (χ0n) is 15.0. The van der Waals surface area contributed by atoms with Crippen LogP contribution in [0.25, 0.3) is 0 Å². The summed E-state index contributed by atoms with van der Waals surface area (Å²) in [4.78, 5) is 0. The highest BCUT2D eigenvalue weighted by Crippen LogP contribution is 2.18. The van der Waals surface area contributed by atoms with Crippen molar-refractivity contribution in [1.82, 2.24) is 5.32 Å². The average molecular weight is 347 g/mol. The van der Waals surface area contributed by atoms with E-state index in [1.165, 1.54) is 0 Å². The number of ether oxygens (including phenoxy) is 1. The minimum absolute atomic E-state index is 0.0497. The average Bonchev–Trinajstić information content (AvgIpc) is 2.71. The smallest absolute Gasteiger partial charge is 0.120 e. The summed E-state index contributed by atoms with van der Waals surface area (Å²) in [7, 11) is 0. The highest BCUT2D eigenvalue weighted by atomic mass is 16.5. The Labute approximate surface area is 155 Å². The van der Waals surface area contributed by atoms with Gasteiger partial charge in [-0.1, -0.05) is 72.8 Å². The first-order valence-corrected chi connectivity index (χ1v) is 8.94. The topological polar surface area (TPSA) is 41.5 Å². The lowest BCUT2D eigenvalue weighted by atomic mass is 10.0. The van der Waals surface area contributed by atoms with Crippen molar-refractivity contribution in [2.45, 2.75) is 32.2 Å². The molecule has 0 bridgehead atoms. The molecule has 0 saturated carbocycles. The molecule has 0 amide bonds. The first-order chi connectivity index (χ1) is 12.7. The van der Waals surface area contributed by atoms with E-state index in [2.05, 4.69) is 23.5 Å². The van der Waals surface area contributed by atoms with Gasteiger partial charge >= 0.3 is 0 Å². The van der Waals surface area contributed by atoms with Gasteiger partial charge < -0.3 is 15.2 Å². The monoisotopic (exact) mass is 347 g/mol. The van der Waals surface area contributed by atoms with Crippen molar-refractivity contribution in [3.05, 3.63) is 102 Å². The second-order valence-electron chi connectivity index (χ2n) is 6.45. The van der Waals surface area contributed by atoms with Gasteiger partial charge in [0.2, 0.25) is 0 Å². The van der Waals surface area contributed by atoms with Crippen LogP contribution in [0.1, 0.15) is 29.7 Å². The first kappa shape index (κ1) is 18.2.